The molecule has 0 bridgehead atoms. The summed E-state index contributed by atoms with van der Waals surface area (Å²) in [5.74, 6) is -0.0899. The first kappa shape index (κ1) is 43.4. The Labute approximate surface area is 280 Å². The second-order valence-electron chi connectivity index (χ2n) is 13.0. The van der Waals surface area contributed by atoms with E-state index in [1.54, 1.807) is 6.08 Å². The third-order valence-electron chi connectivity index (χ3n) is 8.53. The van der Waals surface area contributed by atoms with Crippen molar-refractivity contribution in [3.63, 3.8) is 0 Å². The van der Waals surface area contributed by atoms with E-state index in [0.717, 1.165) is 51.4 Å². The molecule has 0 fully saturated rings. The Morgan fingerprint density at radius 3 is 1.47 bits per heavy atom. The fourth-order valence-corrected chi connectivity index (χ4v) is 5.52. The number of rotatable bonds is 34. The minimum Gasteiger partial charge on any atom is -0.394 e. The minimum absolute atomic E-state index is 0.0899. The molecule has 2 atom stereocenters. The van der Waals surface area contributed by atoms with Crippen LogP contribution in [0.2, 0.25) is 0 Å². The van der Waals surface area contributed by atoms with Crippen LogP contribution in [-0.4, -0.2) is 34.9 Å². The van der Waals surface area contributed by atoms with E-state index in [1.807, 2.05) is 6.08 Å². The summed E-state index contributed by atoms with van der Waals surface area (Å²) < 4.78 is 0. The van der Waals surface area contributed by atoms with Crippen LogP contribution in [0.4, 0.5) is 0 Å². The summed E-state index contributed by atoms with van der Waals surface area (Å²) in [6, 6.07) is -0.645. The molecule has 0 spiro atoms. The number of hydrogen-bond acceptors (Lipinski definition) is 3. The Morgan fingerprint density at radius 1 is 0.533 bits per heavy atom. The van der Waals surface area contributed by atoms with Gasteiger partial charge < -0.3 is 15.5 Å². The monoisotopic (exact) mass is 630 g/mol. The lowest BCUT2D eigenvalue weighted by Crippen LogP contribution is -2.45. The second kappa shape index (κ2) is 36.8. The van der Waals surface area contributed by atoms with Gasteiger partial charge in [0.05, 0.1) is 18.8 Å². The lowest BCUT2D eigenvalue weighted by Gasteiger charge is -2.19. The molecule has 4 heteroatoms. The van der Waals surface area contributed by atoms with Crippen molar-refractivity contribution in [2.45, 2.75) is 199 Å². The van der Waals surface area contributed by atoms with Crippen LogP contribution in [0.1, 0.15) is 187 Å². The first-order valence-corrected chi connectivity index (χ1v) is 19.4. The van der Waals surface area contributed by atoms with Gasteiger partial charge in [0.1, 0.15) is 0 Å². The van der Waals surface area contributed by atoms with E-state index in [4.69, 9.17) is 0 Å². The zero-order valence-electron chi connectivity index (χ0n) is 29.9. The van der Waals surface area contributed by atoms with Gasteiger partial charge in [0.15, 0.2) is 0 Å². The van der Waals surface area contributed by atoms with Crippen LogP contribution >= 0.6 is 0 Å². The van der Waals surface area contributed by atoms with Crippen molar-refractivity contribution in [3.05, 3.63) is 48.6 Å². The number of carbonyl (C=O) groups is 1. The second-order valence-corrected chi connectivity index (χ2v) is 13.0. The molecule has 4 nitrogen and oxygen atoms in total. The molecule has 0 saturated heterocycles. The van der Waals surface area contributed by atoms with Gasteiger partial charge in [-0.1, -0.05) is 165 Å². The molecule has 2 unspecified atom stereocenters. The van der Waals surface area contributed by atoms with Gasteiger partial charge >= 0.3 is 0 Å². The van der Waals surface area contributed by atoms with Crippen LogP contribution in [0, 0.1) is 0 Å². The van der Waals surface area contributed by atoms with Crippen LogP contribution in [-0.2, 0) is 4.79 Å². The largest absolute Gasteiger partial charge is 0.394 e. The highest BCUT2D eigenvalue weighted by Gasteiger charge is 2.17. The summed E-state index contributed by atoms with van der Waals surface area (Å²) in [6.07, 6.45) is 49.1. The zero-order chi connectivity index (χ0) is 32.9. The molecule has 0 rings (SSSR count). The molecule has 0 aromatic rings. The number of amides is 1. The van der Waals surface area contributed by atoms with Gasteiger partial charge in [-0.25, -0.2) is 0 Å². The number of hydrogen-bond donors (Lipinski definition) is 3. The average Bonchev–Trinajstić information content (AvgIpc) is 3.04. The van der Waals surface area contributed by atoms with Gasteiger partial charge in [0.2, 0.25) is 5.91 Å². The predicted molar refractivity (Wildman–Crippen MR) is 198 cm³/mol. The van der Waals surface area contributed by atoms with Crippen LogP contribution in [0.3, 0.4) is 0 Å². The molecule has 262 valence electrons. The third kappa shape index (κ3) is 33.5. The molecule has 0 aromatic carbocycles. The highest BCUT2D eigenvalue weighted by Crippen LogP contribution is 2.13. The molecule has 1 amide bonds. The number of aliphatic hydroxyl groups excluding tert-OH is 2. The van der Waals surface area contributed by atoms with Gasteiger partial charge in [-0.3, -0.25) is 4.79 Å². The predicted octanol–water partition coefficient (Wildman–Crippen LogP) is 11.6. The maximum atomic E-state index is 12.3. The molecular formula is C41H75NO3. The van der Waals surface area contributed by atoms with Crippen molar-refractivity contribution in [1.82, 2.24) is 5.32 Å². The van der Waals surface area contributed by atoms with Crippen LogP contribution < -0.4 is 5.32 Å². The van der Waals surface area contributed by atoms with E-state index in [2.05, 4.69) is 55.6 Å². The molecule has 3 N–H and O–H groups in total. The summed E-state index contributed by atoms with van der Waals surface area (Å²) in [7, 11) is 0. The first-order chi connectivity index (χ1) is 22.2. The summed E-state index contributed by atoms with van der Waals surface area (Å²) in [5.41, 5.74) is 0. The van der Waals surface area contributed by atoms with Crippen molar-refractivity contribution in [1.29, 1.82) is 0 Å². The highest BCUT2D eigenvalue weighted by atomic mass is 16.3. The molecular weight excluding hydrogens is 554 g/mol. The molecule has 0 aliphatic rings. The number of carbonyl (C=O) groups excluding carboxylic acids is 1. The van der Waals surface area contributed by atoms with E-state index in [-0.39, 0.29) is 12.5 Å². The number of aliphatic hydroxyl groups is 2. The van der Waals surface area contributed by atoms with E-state index in [0.29, 0.717) is 6.42 Å². The number of nitrogens with one attached hydrogen (secondary N) is 1. The van der Waals surface area contributed by atoms with Crippen molar-refractivity contribution in [2.24, 2.45) is 0 Å². The van der Waals surface area contributed by atoms with Crippen molar-refractivity contribution >= 4 is 5.91 Å². The standard InChI is InChI=1S/C41H75NO3/c1-3-5-7-9-11-13-15-17-19-20-21-23-24-26-28-30-32-34-36-40(44)39(38-43)42-41(45)37-35-33-31-29-27-25-22-18-16-14-12-10-8-6-4-2/h12,14,18,22,26,28,34,36,39-40,43-44H,3-11,13,15-17,19-21,23-25,27,29-33,35,37-38H2,1-2H3,(H,42,45)/b14-12-,22-18-,28-26+,36-34+. The maximum Gasteiger partial charge on any atom is 0.220 e. The van der Waals surface area contributed by atoms with E-state index in [1.165, 1.54) is 116 Å². The first-order valence-electron chi connectivity index (χ1n) is 19.4. The lowest BCUT2D eigenvalue weighted by molar-refractivity contribution is -0.123. The van der Waals surface area contributed by atoms with Crippen LogP contribution in [0.15, 0.2) is 48.6 Å². The van der Waals surface area contributed by atoms with Crippen LogP contribution in [0.25, 0.3) is 0 Å². The fourth-order valence-electron chi connectivity index (χ4n) is 5.52. The van der Waals surface area contributed by atoms with Crippen molar-refractivity contribution < 1.29 is 15.0 Å². The van der Waals surface area contributed by atoms with Gasteiger partial charge in [-0.05, 0) is 64.2 Å². The smallest absolute Gasteiger partial charge is 0.220 e. The molecule has 0 aliphatic carbocycles. The number of allylic oxidation sites excluding steroid dienone is 7. The SMILES string of the molecule is CCCCC/C=C\C/C=C\CCCCCCCC(=O)NC(CO)C(O)/C=C/CC/C=C/CCCCCCCCCCCCCC. The van der Waals surface area contributed by atoms with Crippen LogP contribution in [0.5, 0.6) is 0 Å². The molecule has 0 aliphatic heterocycles. The van der Waals surface area contributed by atoms with Gasteiger partial charge in [-0.15, -0.1) is 0 Å². The maximum absolute atomic E-state index is 12.3. The molecule has 0 saturated carbocycles. The molecule has 0 aromatic heterocycles. The van der Waals surface area contributed by atoms with Gasteiger partial charge in [0, 0.05) is 6.42 Å². The Kier molecular flexibility index (Phi) is 35.5. The number of unbranched alkanes of at least 4 members (excludes halogenated alkanes) is 21. The summed E-state index contributed by atoms with van der Waals surface area (Å²) >= 11 is 0. The fraction of sp³-hybridized carbons (Fsp3) is 0.780. The topological polar surface area (TPSA) is 69.6 Å². The summed E-state index contributed by atoms with van der Waals surface area (Å²) in [5, 5.41) is 22.9. The zero-order valence-corrected chi connectivity index (χ0v) is 29.9. The van der Waals surface area contributed by atoms with Gasteiger partial charge in [0.25, 0.3) is 0 Å². The van der Waals surface area contributed by atoms with E-state index in [9.17, 15) is 15.0 Å². The highest BCUT2D eigenvalue weighted by molar-refractivity contribution is 5.76. The quantitative estimate of drug-likeness (QED) is 0.0490. The Morgan fingerprint density at radius 2 is 0.933 bits per heavy atom. The molecule has 45 heavy (non-hydrogen) atoms. The summed E-state index contributed by atoms with van der Waals surface area (Å²) in [4.78, 5) is 12.3. The van der Waals surface area contributed by atoms with Crippen molar-refractivity contribution in [3.8, 4) is 0 Å². The summed E-state index contributed by atoms with van der Waals surface area (Å²) in [6.45, 7) is 4.25. The lowest BCUT2D eigenvalue weighted by atomic mass is 10.0. The van der Waals surface area contributed by atoms with Gasteiger partial charge in [-0.2, -0.15) is 0 Å². The third-order valence-corrected chi connectivity index (χ3v) is 8.53. The Hall–Kier alpha value is -1.65. The van der Waals surface area contributed by atoms with Crippen molar-refractivity contribution in [2.75, 3.05) is 6.61 Å². The van der Waals surface area contributed by atoms with E-state index < -0.39 is 12.1 Å². The normalized spacial score (nSPS) is 13.6. The molecule has 0 radical (unpaired) electrons. The van der Waals surface area contributed by atoms with E-state index >= 15 is 0 Å². The average molecular weight is 630 g/mol. The Bertz CT molecular complexity index is 726. The Balaban J connectivity index is 3.69. The minimum atomic E-state index is -0.867. The molecule has 0 heterocycles.